The predicted molar refractivity (Wildman–Crippen MR) is 78.6 cm³/mol. The Morgan fingerprint density at radius 3 is 2.90 bits per heavy atom. The minimum absolute atomic E-state index is 0.284. The van der Waals surface area contributed by atoms with Crippen LogP contribution in [0.1, 0.15) is 5.56 Å². The molecular weight excluding hydrogens is 255 g/mol. The van der Waals surface area contributed by atoms with Crippen molar-refractivity contribution in [3.63, 3.8) is 0 Å². The van der Waals surface area contributed by atoms with Crippen molar-refractivity contribution < 1.29 is 9.13 Å². The van der Waals surface area contributed by atoms with E-state index in [-0.39, 0.29) is 5.82 Å². The fourth-order valence-electron chi connectivity index (χ4n) is 2.18. The van der Waals surface area contributed by atoms with Gasteiger partial charge in [-0.2, -0.15) is 0 Å². The van der Waals surface area contributed by atoms with Crippen molar-refractivity contribution in [3.05, 3.63) is 60.0 Å². The number of anilines is 1. The number of H-pyrrole nitrogens is 1. The largest absolute Gasteiger partial charge is 0.497 e. The van der Waals surface area contributed by atoms with E-state index < -0.39 is 0 Å². The summed E-state index contributed by atoms with van der Waals surface area (Å²) in [6.07, 6.45) is 1.91. The maximum atomic E-state index is 13.7. The number of benzene rings is 2. The summed E-state index contributed by atoms with van der Waals surface area (Å²) < 4.78 is 18.8. The second-order valence-corrected chi connectivity index (χ2v) is 4.60. The quantitative estimate of drug-likeness (QED) is 0.753. The van der Waals surface area contributed by atoms with Crippen molar-refractivity contribution in [2.45, 2.75) is 6.54 Å². The van der Waals surface area contributed by atoms with E-state index in [0.717, 1.165) is 16.5 Å². The summed E-state index contributed by atoms with van der Waals surface area (Å²) in [5, 5.41) is 4.24. The van der Waals surface area contributed by atoms with Crippen molar-refractivity contribution in [1.82, 2.24) is 4.98 Å². The van der Waals surface area contributed by atoms with Crippen LogP contribution in [0.3, 0.4) is 0 Å². The Hall–Kier alpha value is -2.49. The van der Waals surface area contributed by atoms with Gasteiger partial charge in [0.1, 0.15) is 11.6 Å². The van der Waals surface area contributed by atoms with E-state index in [4.69, 9.17) is 4.74 Å². The summed E-state index contributed by atoms with van der Waals surface area (Å²) in [5.41, 5.74) is 2.64. The van der Waals surface area contributed by atoms with Crippen LogP contribution in [0.5, 0.6) is 5.75 Å². The lowest BCUT2D eigenvalue weighted by molar-refractivity contribution is 0.414. The third-order valence-electron chi connectivity index (χ3n) is 3.27. The predicted octanol–water partition coefficient (Wildman–Crippen LogP) is 3.93. The van der Waals surface area contributed by atoms with Crippen molar-refractivity contribution in [3.8, 4) is 5.75 Å². The minimum atomic E-state index is -0.284. The zero-order valence-corrected chi connectivity index (χ0v) is 11.1. The molecule has 0 aliphatic heterocycles. The van der Waals surface area contributed by atoms with Crippen LogP contribution in [0.15, 0.2) is 48.7 Å². The lowest BCUT2D eigenvalue weighted by Gasteiger charge is -2.09. The van der Waals surface area contributed by atoms with Gasteiger partial charge in [0.25, 0.3) is 0 Å². The van der Waals surface area contributed by atoms with Crippen molar-refractivity contribution in [1.29, 1.82) is 0 Å². The maximum Gasteiger partial charge on any atom is 0.146 e. The molecule has 2 aromatic carbocycles. The third-order valence-corrected chi connectivity index (χ3v) is 3.27. The van der Waals surface area contributed by atoms with Gasteiger partial charge in [0.2, 0.25) is 0 Å². The SMILES string of the molecule is COc1ccc(F)c(NCc2ccc3[nH]ccc3c2)c1. The summed E-state index contributed by atoms with van der Waals surface area (Å²) in [4.78, 5) is 3.15. The van der Waals surface area contributed by atoms with Gasteiger partial charge in [0, 0.05) is 24.3 Å². The highest BCUT2D eigenvalue weighted by Crippen LogP contribution is 2.22. The van der Waals surface area contributed by atoms with Crippen LogP contribution < -0.4 is 10.1 Å². The molecule has 0 aliphatic rings. The lowest BCUT2D eigenvalue weighted by atomic mass is 10.1. The highest BCUT2D eigenvalue weighted by molar-refractivity contribution is 5.80. The molecule has 0 aliphatic carbocycles. The van der Waals surface area contributed by atoms with Crippen LogP contribution in [0, 0.1) is 5.82 Å². The van der Waals surface area contributed by atoms with E-state index in [2.05, 4.69) is 16.4 Å². The van der Waals surface area contributed by atoms with Crippen LogP contribution in [-0.2, 0) is 6.54 Å². The van der Waals surface area contributed by atoms with Gasteiger partial charge < -0.3 is 15.0 Å². The van der Waals surface area contributed by atoms with Crippen LogP contribution in [0.25, 0.3) is 10.9 Å². The van der Waals surface area contributed by atoms with E-state index in [1.54, 1.807) is 19.2 Å². The van der Waals surface area contributed by atoms with E-state index in [0.29, 0.717) is 18.0 Å². The maximum absolute atomic E-state index is 13.7. The Bertz CT molecular complexity index is 736. The molecule has 0 fully saturated rings. The second-order valence-electron chi connectivity index (χ2n) is 4.60. The number of methoxy groups -OCH3 is 1. The number of nitrogens with one attached hydrogen (secondary N) is 2. The molecule has 0 amide bonds. The van der Waals surface area contributed by atoms with Gasteiger partial charge in [-0.05, 0) is 41.3 Å². The molecule has 4 heteroatoms. The molecule has 0 unspecified atom stereocenters. The normalized spacial score (nSPS) is 10.7. The van der Waals surface area contributed by atoms with Crippen LogP contribution >= 0.6 is 0 Å². The molecule has 20 heavy (non-hydrogen) atoms. The standard InChI is InChI=1S/C16H15FN2O/c1-20-13-3-4-14(17)16(9-13)19-10-11-2-5-15-12(8-11)6-7-18-15/h2-9,18-19H,10H2,1H3. The van der Waals surface area contributed by atoms with Gasteiger partial charge >= 0.3 is 0 Å². The minimum Gasteiger partial charge on any atom is -0.497 e. The Morgan fingerprint density at radius 1 is 1.15 bits per heavy atom. The summed E-state index contributed by atoms with van der Waals surface area (Å²) in [6, 6.07) is 12.8. The molecule has 1 heterocycles. The van der Waals surface area contributed by atoms with Crippen molar-refractivity contribution in [2.75, 3.05) is 12.4 Å². The fourth-order valence-corrected chi connectivity index (χ4v) is 2.18. The summed E-state index contributed by atoms with van der Waals surface area (Å²) in [5.74, 6) is 0.350. The van der Waals surface area contributed by atoms with Gasteiger partial charge in [-0.15, -0.1) is 0 Å². The van der Waals surface area contributed by atoms with Gasteiger partial charge in [0.15, 0.2) is 0 Å². The summed E-state index contributed by atoms with van der Waals surface area (Å²) in [6.45, 7) is 0.561. The number of ether oxygens (including phenoxy) is 1. The van der Waals surface area contributed by atoms with Crippen molar-refractivity contribution >= 4 is 16.6 Å². The molecule has 0 saturated heterocycles. The fraction of sp³-hybridized carbons (Fsp3) is 0.125. The number of rotatable bonds is 4. The Balaban J connectivity index is 1.78. The van der Waals surface area contributed by atoms with Gasteiger partial charge in [0.05, 0.1) is 12.8 Å². The second kappa shape index (κ2) is 5.25. The number of fused-ring (bicyclic) bond motifs is 1. The topological polar surface area (TPSA) is 37.0 Å². The zero-order valence-electron chi connectivity index (χ0n) is 11.1. The average molecular weight is 270 g/mol. The molecule has 0 spiro atoms. The van der Waals surface area contributed by atoms with Crippen LogP contribution in [0.4, 0.5) is 10.1 Å². The first-order valence-corrected chi connectivity index (χ1v) is 6.40. The number of hydrogen-bond acceptors (Lipinski definition) is 2. The van der Waals surface area contributed by atoms with E-state index in [1.165, 1.54) is 6.07 Å². The molecule has 2 N–H and O–H groups in total. The Kier molecular flexibility index (Phi) is 3.29. The molecule has 3 rings (SSSR count). The van der Waals surface area contributed by atoms with Gasteiger partial charge in [-0.25, -0.2) is 4.39 Å². The highest BCUT2D eigenvalue weighted by Gasteiger charge is 2.04. The van der Waals surface area contributed by atoms with Crippen LogP contribution in [-0.4, -0.2) is 12.1 Å². The first kappa shape index (κ1) is 12.5. The van der Waals surface area contributed by atoms with E-state index in [1.807, 2.05) is 24.4 Å². The highest BCUT2D eigenvalue weighted by atomic mass is 19.1. The molecule has 0 saturated carbocycles. The number of halogens is 1. The smallest absolute Gasteiger partial charge is 0.146 e. The van der Waals surface area contributed by atoms with E-state index >= 15 is 0 Å². The monoisotopic (exact) mass is 270 g/mol. The third kappa shape index (κ3) is 2.45. The zero-order chi connectivity index (χ0) is 13.9. The molecule has 1 aromatic heterocycles. The van der Waals surface area contributed by atoms with Gasteiger partial charge in [-0.3, -0.25) is 0 Å². The molecule has 0 atom stereocenters. The summed E-state index contributed by atoms with van der Waals surface area (Å²) in [7, 11) is 1.57. The van der Waals surface area contributed by atoms with E-state index in [9.17, 15) is 4.39 Å². The summed E-state index contributed by atoms with van der Waals surface area (Å²) >= 11 is 0. The van der Waals surface area contributed by atoms with Crippen molar-refractivity contribution in [2.24, 2.45) is 0 Å². The molecular formula is C16H15FN2O. The Labute approximate surface area is 116 Å². The number of hydrogen-bond donors (Lipinski definition) is 2. The first-order chi connectivity index (χ1) is 9.76. The average Bonchev–Trinajstić information content (AvgIpc) is 2.94. The number of aromatic amines is 1. The van der Waals surface area contributed by atoms with Crippen LogP contribution in [0.2, 0.25) is 0 Å². The molecule has 0 radical (unpaired) electrons. The molecule has 3 aromatic rings. The molecule has 102 valence electrons. The molecule has 3 nitrogen and oxygen atoms in total. The number of aromatic nitrogens is 1. The Morgan fingerprint density at radius 2 is 2.05 bits per heavy atom. The lowest BCUT2D eigenvalue weighted by Crippen LogP contribution is -2.01. The molecule has 0 bridgehead atoms. The first-order valence-electron chi connectivity index (χ1n) is 6.40. The van der Waals surface area contributed by atoms with Gasteiger partial charge in [-0.1, -0.05) is 6.07 Å².